The summed E-state index contributed by atoms with van der Waals surface area (Å²) in [7, 11) is 0. The van der Waals surface area contributed by atoms with Gasteiger partial charge in [-0.25, -0.2) is 4.68 Å². The van der Waals surface area contributed by atoms with E-state index in [1.165, 1.54) is 11.1 Å². The van der Waals surface area contributed by atoms with Gasteiger partial charge in [-0.3, -0.25) is 0 Å². The van der Waals surface area contributed by atoms with E-state index in [4.69, 9.17) is 5.73 Å². The fourth-order valence-corrected chi connectivity index (χ4v) is 2.15. The molecule has 19 heavy (non-hydrogen) atoms. The van der Waals surface area contributed by atoms with E-state index >= 15 is 0 Å². The van der Waals surface area contributed by atoms with Crippen molar-refractivity contribution in [3.05, 3.63) is 40.7 Å². The predicted molar refractivity (Wildman–Crippen MR) is 77.3 cm³/mol. The van der Waals surface area contributed by atoms with Gasteiger partial charge in [-0.05, 0) is 49.4 Å². The van der Waals surface area contributed by atoms with Gasteiger partial charge in [-0.15, -0.1) is 5.10 Å². The van der Waals surface area contributed by atoms with Crippen LogP contribution < -0.4 is 5.73 Å². The average molecular weight is 258 g/mol. The summed E-state index contributed by atoms with van der Waals surface area (Å²) >= 11 is 0. The average Bonchev–Trinajstić information content (AvgIpc) is 2.75. The Labute approximate surface area is 114 Å². The Bertz CT molecular complexity index is 570. The zero-order valence-electron chi connectivity index (χ0n) is 12.1. The second-order valence-corrected chi connectivity index (χ2v) is 5.47. The van der Waals surface area contributed by atoms with Gasteiger partial charge in [0.2, 0.25) is 0 Å². The van der Waals surface area contributed by atoms with Gasteiger partial charge in [-0.1, -0.05) is 25.1 Å². The van der Waals surface area contributed by atoms with E-state index < -0.39 is 0 Å². The Morgan fingerprint density at radius 2 is 1.95 bits per heavy atom. The Balaban J connectivity index is 2.48. The molecule has 0 aliphatic carbocycles. The SMILES string of the molecule is Cc1ccc(-n2nnc(CN)c2CC(C)C)cc1C. The standard InChI is InChI=1S/C15H22N4/c1-10(2)7-15-14(9-16)17-18-19(15)13-6-5-11(3)12(4)8-13/h5-6,8,10H,7,9,16H2,1-4H3. The minimum absolute atomic E-state index is 0.437. The largest absolute Gasteiger partial charge is 0.325 e. The van der Waals surface area contributed by atoms with E-state index in [1.807, 2.05) is 4.68 Å². The maximum Gasteiger partial charge on any atom is 0.0999 e. The highest BCUT2D eigenvalue weighted by atomic mass is 15.4. The van der Waals surface area contributed by atoms with Gasteiger partial charge >= 0.3 is 0 Å². The van der Waals surface area contributed by atoms with E-state index in [-0.39, 0.29) is 0 Å². The molecule has 4 heteroatoms. The van der Waals surface area contributed by atoms with Gasteiger partial charge in [0.25, 0.3) is 0 Å². The monoisotopic (exact) mass is 258 g/mol. The molecule has 0 radical (unpaired) electrons. The van der Waals surface area contributed by atoms with Crippen LogP contribution in [0.4, 0.5) is 0 Å². The highest BCUT2D eigenvalue weighted by Gasteiger charge is 2.14. The molecule has 2 rings (SSSR count). The molecule has 1 heterocycles. The lowest BCUT2D eigenvalue weighted by molar-refractivity contribution is 0.611. The fraction of sp³-hybridized carbons (Fsp3) is 0.467. The molecule has 0 amide bonds. The summed E-state index contributed by atoms with van der Waals surface area (Å²) in [6, 6.07) is 6.35. The molecule has 0 saturated carbocycles. The molecule has 4 nitrogen and oxygen atoms in total. The molecule has 0 bridgehead atoms. The molecular weight excluding hydrogens is 236 g/mol. The maximum absolute atomic E-state index is 5.76. The van der Waals surface area contributed by atoms with Gasteiger partial charge in [0.05, 0.1) is 17.1 Å². The number of aryl methyl sites for hydroxylation is 2. The smallest absolute Gasteiger partial charge is 0.0999 e. The van der Waals surface area contributed by atoms with E-state index in [9.17, 15) is 0 Å². The Kier molecular flexibility index (Phi) is 4.00. The van der Waals surface area contributed by atoms with Crippen molar-refractivity contribution in [1.29, 1.82) is 0 Å². The molecule has 0 aliphatic rings. The zero-order valence-corrected chi connectivity index (χ0v) is 12.1. The summed E-state index contributed by atoms with van der Waals surface area (Å²) < 4.78 is 1.93. The van der Waals surface area contributed by atoms with Crippen molar-refractivity contribution in [2.24, 2.45) is 11.7 Å². The van der Waals surface area contributed by atoms with Crippen molar-refractivity contribution in [3.8, 4) is 5.69 Å². The number of nitrogens with two attached hydrogens (primary N) is 1. The lowest BCUT2D eigenvalue weighted by Crippen LogP contribution is -2.09. The number of benzene rings is 1. The summed E-state index contributed by atoms with van der Waals surface area (Å²) in [5, 5.41) is 8.47. The van der Waals surface area contributed by atoms with Gasteiger partial charge < -0.3 is 5.73 Å². The van der Waals surface area contributed by atoms with Crippen LogP contribution in [0.25, 0.3) is 5.69 Å². The first-order chi connectivity index (χ1) is 9.02. The Morgan fingerprint density at radius 3 is 2.53 bits per heavy atom. The second kappa shape index (κ2) is 5.53. The number of nitrogens with zero attached hydrogens (tertiary/aromatic N) is 3. The van der Waals surface area contributed by atoms with E-state index in [1.54, 1.807) is 0 Å². The van der Waals surface area contributed by atoms with E-state index in [0.29, 0.717) is 12.5 Å². The Morgan fingerprint density at radius 1 is 1.21 bits per heavy atom. The normalized spacial score (nSPS) is 11.3. The topological polar surface area (TPSA) is 56.7 Å². The minimum atomic E-state index is 0.437. The van der Waals surface area contributed by atoms with Gasteiger partial charge in [0.15, 0.2) is 0 Å². The number of rotatable bonds is 4. The lowest BCUT2D eigenvalue weighted by atomic mass is 10.1. The van der Waals surface area contributed by atoms with E-state index in [2.05, 4.69) is 56.2 Å². The van der Waals surface area contributed by atoms with E-state index in [0.717, 1.165) is 23.5 Å². The molecule has 0 fully saturated rings. The summed E-state index contributed by atoms with van der Waals surface area (Å²) in [5.74, 6) is 0.550. The third-order valence-corrected chi connectivity index (χ3v) is 3.37. The van der Waals surface area contributed by atoms with Crippen LogP contribution in [0.1, 0.15) is 36.4 Å². The molecule has 0 unspecified atom stereocenters. The van der Waals surface area contributed by atoms with Crippen molar-refractivity contribution in [1.82, 2.24) is 15.0 Å². The van der Waals surface area contributed by atoms with Crippen molar-refractivity contribution in [2.45, 2.75) is 40.7 Å². The van der Waals surface area contributed by atoms with Crippen LogP contribution in [0.2, 0.25) is 0 Å². The van der Waals surface area contributed by atoms with Crippen LogP contribution in [0, 0.1) is 19.8 Å². The molecule has 0 atom stereocenters. The van der Waals surface area contributed by atoms with Crippen LogP contribution in [0.5, 0.6) is 0 Å². The molecule has 1 aromatic carbocycles. The molecular formula is C15H22N4. The summed E-state index contributed by atoms with van der Waals surface area (Å²) in [6.07, 6.45) is 0.937. The molecule has 102 valence electrons. The third kappa shape index (κ3) is 2.84. The highest BCUT2D eigenvalue weighted by molar-refractivity contribution is 5.40. The van der Waals surface area contributed by atoms with Crippen molar-refractivity contribution in [3.63, 3.8) is 0 Å². The second-order valence-electron chi connectivity index (χ2n) is 5.47. The highest BCUT2D eigenvalue weighted by Crippen LogP contribution is 2.19. The quantitative estimate of drug-likeness (QED) is 0.917. The van der Waals surface area contributed by atoms with Gasteiger partial charge in [0, 0.05) is 6.54 Å². The van der Waals surface area contributed by atoms with Crippen LogP contribution in [0.3, 0.4) is 0 Å². The van der Waals surface area contributed by atoms with Crippen LogP contribution in [-0.4, -0.2) is 15.0 Å². The van der Waals surface area contributed by atoms with Crippen molar-refractivity contribution < 1.29 is 0 Å². The van der Waals surface area contributed by atoms with Crippen LogP contribution >= 0.6 is 0 Å². The lowest BCUT2D eigenvalue weighted by Gasteiger charge is -2.11. The predicted octanol–water partition coefficient (Wildman–Crippen LogP) is 2.54. The number of aromatic nitrogens is 3. The first-order valence-corrected chi connectivity index (χ1v) is 6.74. The first-order valence-electron chi connectivity index (χ1n) is 6.74. The molecule has 0 aliphatic heterocycles. The van der Waals surface area contributed by atoms with Gasteiger partial charge in [0.1, 0.15) is 0 Å². The zero-order chi connectivity index (χ0) is 14.0. The fourth-order valence-electron chi connectivity index (χ4n) is 2.15. The number of hydrogen-bond acceptors (Lipinski definition) is 3. The molecule has 1 aromatic heterocycles. The third-order valence-electron chi connectivity index (χ3n) is 3.37. The number of hydrogen-bond donors (Lipinski definition) is 1. The summed E-state index contributed by atoms with van der Waals surface area (Å²) in [4.78, 5) is 0. The van der Waals surface area contributed by atoms with Crippen LogP contribution in [-0.2, 0) is 13.0 Å². The molecule has 0 spiro atoms. The Hall–Kier alpha value is -1.68. The summed E-state index contributed by atoms with van der Waals surface area (Å²) in [5.41, 5.74) is 11.4. The summed E-state index contributed by atoms with van der Waals surface area (Å²) in [6.45, 7) is 9.05. The van der Waals surface area contributed by atoms with Gasteiger partial charge in [-0.2, -0.15) is 0 Å². The van der Waals surface area contributed by atoms with Crippen LogP contribution in [0.15, 0.2) is 18.2 Å². The molecule has 0 saturated heterocycles. The van der Waals surface area contributed by atoms with Crippen molar-refractivity contribution in [2.75, 3.05) is 0 Å². The molecule has 2 N–H and O–H groups in total. The van der Waals surface area contributed by atoms with Crippen molar-refractivity contribution >= 4 is 0 Å². The minimum Gasteiger partial charge on any atom is -0.325 e. The maximum atomic E-state index is 5.76. The first kappa shape index (κ1) is 13.7. The molecule has 2 aromatic rings.